The molecule has 0 radical (unpaired) electrons. The Labute approximate surface area is 200 Å². The summed E-state index contributed by atoms with van der Waals surface area (Å²) in [6, 6.07) is 14.9. The molecule has 0 aliphatic carbocycles. The summed E-state index contributed by atoms with van der Waals surface area (Å²) >= 11 is 8.53. The Bertz CT molecular complexity index is 1130. The number of hydrogen-bond donors (Lipinski definition) is 3. The zero-order valence-corrected chi connectivity index (χ0v) is 20.3. The molecule has 3 N–H and O–H groups in total. The third-order valence-corrected chi connectivity index (χ3v) is 5.37. The number of hydrogen-bond acceptors (Lipinski definition) is 4. The van der Waals surface area contributed by atoms with Crippen molar-refractivity contribution in [3.05, 3.63) is 64.8 Å². The first kappa shape index (κ1) is 23.7. The molecule has 0 saturated carbocycles. The molecule has 2 amide bonds. The minimum atomic E-state index is -0.436. The monoisotopic (exact) mass is 516 g/mol. The van der Waals surface area contributed by atoms with E-state index < -0.39 is 5.91 Å². The molecule has 1 heterocycles. The largest absolute Gasteiger partial charge is 0.493 e. The van der Waals surface area contributed by atoms with E-state index in [1.165, 1.54) is 0 Å². The molecule has 1 aromatic heterocycles. The van der Waals surface area contributed by atoms with E-state index in [1.54, 1.807) is 12.1 Å². The van der Waals surface area contributed by atoms with Gasteiger partial charge in [-0.3, -0.25) is 25.8 Å². The number of aromatic nitrogens is 1. The Balaban J connectivity index is 1.54. The lowest BCUT2D eigenvalue weighted by atomic mass is 10.1. The highest BCUT2D eigenvalue weighted by Gasteiger charge is 2.15. The normalized spacial score (nSPS) is 10.8. The van der Waals surface area contributed by atoms with Gasteiger partial charge in [0.25, 0.3) is 11.8 Å². The van der Waals surface area contributed by atoms with E-state index in [1.807, 2.05) is 47.2 Å². The van der Waals surface area contributed by atoms with Gasteiger partial charge >= 0.3 is 0 Å². The highest BCUT2D eigenvalue weighted by molar-refractivity contribution is 9.10. The van der Waals surface area contributed by atoms with Gasteiger partial charge < -0.3 is 9.30 Å². The van der Waals surface area contributed by atoms with Crippen molar-refractivity contribution in [2.75, 3.05) is 6.61 Å². The fourth-order valence-electron chi connectivity index (χ4n) is 3.01. The molecule has 32 heavy (non-hydrogen) atoms. The number of rotatable bonds is 7. The number of nitrogens with one attached hydrogen (secondary N) is 3. The van der Waals surface area contributed by atoms with Gasteiger partial charge in [0.1, 0.15) is 12.3 Å². The van der Waals surface area contributed by atoms with E-state index in [0.717, 1.165) is 21.8 Å². The fourth-order valence-corrected chi connectivity index (χ4v) is 3.52. The molecule has 0 saturated heterocycles. The van der Waals surface area contributed by atoms with Crippen LogP contribution in [0.3, 0.4) is 0 Å². The first-order chi connectivity index (χ1) is 15.3. The summed E-state index contributed by atoms with van der Waals surface area (Å²) in [6.07, 6.45) is 2.72. The Morgan fingerprint density at radius 2 is 1.91 bits per heavy atom. The topological polar surface area (TPSA) is 84.4 Å². The Morgan fingerprint density at radius 1 is 1.12 bits per heavy atom. The van der Waals surface area contributed by atoms with Gasteiger partial charge in [0.2, 0.25) is 0 Å². The van der Waals surface area contributed by atoms with Gasteiger partial charge in [0.15, 0.2) is 5.11 Å². The van der Waals surface area contributed by atoms with Gasteiger partial charge in [-0.25, -0.2) is 0 Å². The van der Waals surface area contributed by atoms with E-state index in [-0.39, 0.29) is 17.6 Å². The highest BCUT2D eigenvalue weighted by atomic mass is 79.9. The highest BCUT2D eigenvalue weighted by Crippen LogP contribution is 2.24. The fraction of sp³-hybridized carbons (Fsp3) is 0.261. The maximum atomic E-state index is 12.7. The number of amides is 2. The first-order valence-electron chi connectivity index (χ1n) is 10.2. The van der Waals surface area contributed by atoms with Crippen LogP contribution in [0.25, 0.3) is 10.9 Å². The molecule has 2 aromatic carbocycles. The SMILES string of the molecule is CC(C)CCOc1ccc(Br)cc1C(=O)NC(=S)NNC(=O)Cn1ccc2ccccc21. The van der Waals surface area contributed by atoms with Gasteiger partial charge in [-0.1, -0.05) is 48.0 Å². The summed E-state index contributed by atoms with van der Waals surface area (Å²) in [6.45, 7) is 4.83. The minimum absolute atomic E-state index is 0.0196. The number of carbonyl (C=O) groups is 2. The zero-order valence-electron chi connectivity index (χ0n) is 17.9. The van der Waals surface area contributed by atoms with E-state index in [2.05, 4.69) is 45.9 Å². The molecule has 0 atom stereocenters. The number of benzene rings is 2. The van der Waals surface area contributed by atoms with Crippen LogP contribution in [0.2, 0.25) is 0 Å². The molecule has 0 bridgehead atoms. The average Bonchev–Trinajstić information content (AvgIpc) is 3.16. The standard InChI is InChI=1S/C23H25BrN4O3S/c1-15(2)10-12-31-20-8-7-17(24)13-18(20)22(30)25-23(32)27-26-21(29)14-28-11-9-16-5-3-4-6-19(16)28/h3-9,11,13,15H,10,12,14H2,1-2H3,(H,26,29)(H2,25,27,30,32). The van der Waals surface area contributed by atoms with Crippen molar-refractivity contribution < 1.29 is 14.3 Å². The van der Waals surface area contributed by atoms with E-state index >= 15 is 0 Å². The molecule has 3 aromatic rings. The molecular formula is C23H25BrN4O3S. The predicted molar refractivity (Wildman–Crippen MR) is 132 cm³/mol. The molecule has 0 aliphatic rings. The molecule has 0 aliphatic heterocycles. The van der Waals surface area contributed by atoms with Crippen molar-refractivity contribution in [1.82, 2.24) is 20.7 Å². The van der Waals surface area contributed by atoms with Crippen molar-refractivity contribution >= 4 is 56.0 Å². The minimum Gasteiger partial charge on any atom is -0.493 e. The lowest BCUT2D eigenvalue weighted by Crippen LogP contribution is -2.49. The van der Waals surface area contributed by atoms with Gasteiger partial charge in [0.05, 0.1) is 12.2 Å². The van der Waals surface area contributed by atoms with Gasteiger partial charge in [-0.05, 0) is 60.3 Å². The second-order valence-electron chi connectivity index (χ2n) is 7.63. The van der Waals surface area contributed by atoms with Crippen molar-refractivity contribution in [3.63, 3.8) is 0 Å². The number of hydrazine groups is 1. The second kappa shape index (κ2) is 11.1. The van der Waals surface area contributed by atoms with E-state index in [9.17, 15) is 9.59 Å². The lowest BCUT2D eigenvalue weighted by Gasteiger charge is -2.14. The van der Waals surface area contributed by atoms with Crippen LogP contribution in [0.5, 0.6) is 5.75 Å². The molecule has 0 spiro atoms. The number of ether oxygens (including phenoxy) is 1. The van der Waals surface area contributed by atoms with E-state index in [0.29, 0.717) is 23.8 Å². The Morgan fingerprint density at radius 3 is 2.69 bits per heavy atom. The summed E-state index contributed by atoms with van der Waals surface area (Å²) in [5.41, 5.74) is 6.38. The summed E-state index contributed by atoms with van der Waals surface area (Å²) in [5.74, 6) is 0.224. The number of para-hydroxylation sites is 1. The first-order valence-corrected chi connectivity index (χ1v) is 11.4. The molecule has 7 nitrogen and oxygen atoms in total. The van der Waals surface area contributed by atoms with Crippen molar-refractivity contribution in [1.29, 1.82) is 0 Å². The van der Waals surface area contributed by atoms with E-state index in [4.69, 9.17) is 17.0 Å². The Kier molecular flexibility index (Phi) is 8.24. The second-order valence-corrected chi connectivity index (χ2v) is 8.95. The summed E-state index contributed by atoms with van der Waals surface area (Å²) < 4.78 is 8.35. The quantitative estimate of drug-likeness (QED) is 0.324. The van der Waals surface area contributed by atoms with Crippen LogP contribution in [0.4, 0.5) is 0 Å². The number of nitrogens with zero attached hydrogens (tertiary/aromatic N) is 1. The molecule has 168 valence electrons. The van der Waals surface area contributed by atoms with Crippen LogP contribution in [0.15, 0.2) is 59.2 Å². The number of thiocarbonyl (C=S) groups is 1. The van der Waals surface area contributed by atoms with Crippen LogP contribution in [0, 0.1) is 5.92 Å². The molecule has 3 rings (SSSR count). The maximum Gasteiger partial charge on any atom is 0.261 e. The number of halogens is 1. The smallest absolute Gasteiger partial charge is 0.261 e. The zero-order chi connectivity index (χ0) is 23.1. The van der Waals surface area contributed by atoms with Gasteiger partial charge in [0, 0.05) is 16.2 Å². The maximum absolute atomic E-state index is 12.7. The van der Waals surface area contributed by atoms with Crippen molar-refractivity contribution in [2.24, 2.45) is 5.92 Å². The number of fused-ring (bicyclic) bond motifs is 1. The summed E-state index contributed by atoms with van der Waals surface area (Å²) in [4.78, 5) is 25.0. The molecule has 0 unspecified atom stereocenters. The Hall–Kier alpha value is -2.91. The average molecular weight is 517 g/mol. The molecular weight excluding hydrogens is 492 g/mol. The molecule has 9 heteroatoms. The third-order valence-electron chi connectivity index (χ3n) is 4.68. The van der Waals surface area contributed by atoms with Crippen LogP contribution >= 0.6 is 28.1 Å². The van der Waals surface area contributed by atoms with Crippen molar-refractivity contribution in [2.45, 2.75) is 26.8 Å². The van der Waals surface area contributed by atoms with Crippen LogP contribution in [-0.2, 0) is 11.3 Å². The summed E-state index contributed by atoms with van der Waals surface area (Å²) in [5, 5.41) is 3.60. The van der Waals surface area contributed by atoms with Crippen LogP contribution in [-0.4, -0.2) is 28.1 Å². The lowest BCUT2D eigenvalue weighted by molar-refractivity contribution is -0.122. The predicted octanol–water partition coefficient (Wildman–Crippen LogP) is 4.16. The molecule has 0 fully saturated rings. The number of carbonyl (C=O) groups excluding carboxylic acids is 2. The van der Waals surface area contributed by atoms with Crippen LogP contribution in [0.1, 0.15) is 30.6 Å². The third kappa shape index (κ3) is 6.54. The van der Waals surface area contributed by atoms with Gasteiger partial charge in [-0.2, -0.15) is 0 Å². The van der Waals surface area contributed by atoms with Crippen LogP contribution < -0.4 is 20.9 Å². The van der Waals surface area contributed by atoms with Gasteiger partial charge in [-0.15, -0.1) is 0 Å². The van der Waals surface area contributed by atoms with Crippen molar-refractivity contribution in [3.8, 4) is 5.75 Å². The summed E-state index contributed by atoms with van der Waals surface area (Å²) in [7, 11) is 0.